The minimum Gasteiger partial charge on any atom is -0.438 e. The third kappa shape index (κ3) is 4.93. The lowest BCUT2D eigenvalue weighted by atomic mass is 9.99. The molecule has 0 radical (unpaired) electrons. The second kappa shape index (κ2) is 9.92. The summed E-state index contributed by atoms with van der Waals surface area (Å²) >= 11 is 1.37. The number of cyclic esters (lactones) is 1. The number of amides is 3. The molecular weight excluding hydrogens is 462 g/mol. The van der Waals surface area contributed by atoms with Crippen molar-refractivity contribution in [2.75, 3.05) is 18.4 Å². The van der Waals surface area contributed by atoms with Gasteiger partial charge in [-0.2, -0.15) is 0 Å². The minimum atomic E-state index is -0.743. The van der Waals surface area contributed by atoms with Gasteiger partial charge in [0.2, 0.25) is 5.91 Å². The standard InChI is InChI=1S/C27H27N3O4S/c1-18-6-4-7-19(16-18)17-30-23(26(32)29-13-2-3-14-29)24(34-27(30)33)20-9-11-21(12-10-20)28-25(31)22-8-5-15-35-22/h4-12,15-16,23-24H,2-3,13-14,17H2,1H3,(H,28,31)/t23-,24+/m0/s1. The summed E-state index contributed by atoms with van der Waals surface area (Å²) in [6.45, 7) is 3.70. The lowest BCUT2D eigenvalue weighted by Gasteiger charge is -2.28. The number of thiophene rings is 1. The van der Waals surface area contributed by atoms with Crippen LogP contribution in [0.15, 0.2) is 66.0 Å². The van der Waals surface area contributed by atoms with Crippen LogP contribution in [0.5, 0.6) is 0 Å². The van der Waals surface area contributed by atoms with Gasteiger partial charge in [-0.15, -0.1) is 11.3 Å². The van der Waals surface area contributed by atoms with Crippen LogP contribution in [0.2, 0.25) is 0 Å². The van der Waals surface area contributed by atoms with Gasteiger partial charge in [0.25, 0.3) is 5.91 Å². The summed E-state index contributed by atoms with van der Waals surface area (Å²) in [6, 6.07) is 17.9. The number of nitrogens with one attached hydrogen (secondary N) is 1. The molecular formula is C27H27N3O4S. The predicted molar refractivity (Wildman–Crippen MR) is 134 cm³/mol. The first-order valence-corrected chi connectivity index (χ1v) is 12.6. The summed E-state index contributed by atoms with van der Waals surface area (Å²) in [6.07, 6.45) is 0.717. The molecule has 0 bridgehead atoms. The van der Waals surface area contributed by atoms with Gasteiger partial charge >= 0.3 is 6.09 Å². The molecule has 0 spiro atoms. The Hall–Kier alpha value is -3.65. The summed E-state index contributed by atoms with van der Waals surface area (Å²) in [5.41, 5.74) is 3.40. The molecule has 35 heavy (non-hydrogen) atoms. The van der Waals surface area contributed by atoms with Gasteiger partial charge in [0, 0.05) is 18.8 Å². The Balaban J connectivity index is 1.39. The molecule has 0 aliphatic carbocycles. The van der Waals surface area contributed by atoms with Crippen molar-refractivity contribution in [3.63, 3.8) is 0 Å². The van der Waals surface area contributed by atoms with Crippen LogP contribution in [-0.2, 0) is 16.1 Å². The zero-order valence-electron chi connectivity index (χ0n) is 19.5. The average molecular weight is 490 g/mol. The van der Waals surface area contributed by atoms with E-state index in [2.05, 4.69) is 5.32 Å². The molecule has 2 atom stereocenters. The van der Waals surface area contributed by atoms with Gasteiger partial charge in [-0.05, 0) is 54.5 Å². The highest BCUT2D eigenvalue weighted by atomic mass is 32.1. The molecule has 7 nitrogen and oxygen atoms in total. The second-order valence-corrected chi connectivity index (χ2v) is 9.90. The highest BCUT2D eigenvalue weighted by Gasteiger charge is 2.48. The van der Waals surface area contributed by atoms with Crippen molar-refractivity contribution in [1.82, 2.24) is 9.80 Å². The van der Waals surface area contributed by atoms with Crippen molar-refractivity contribution in [2.24, 2.45) is 0 Å². The number of aryl methyl sites for hydroxylation is 1. The minimum absolute atomic E-state index is 0.0823. The van der Waals surface area contributed by atoms with E-state index in [1.807, 2.05) is 59.7 Å². The van der Waals surface area contributed by atoms with Crippen molar-refractivity contribution < 1.29 is 19.1 Å². The first kappa shape index (κ1) is 23.1. The number of carbonyl (C=O) groups excluding carboxylic acids is 3. The van der Waals surface area contributed by atoms with Crippen molar-refractivity contribution in [3.05, 3.63) is 87.6 Å². The summed E-state index contributed by atoms with van der Waals surface area (Å²) in [5, 5.41) is 4.73. The van der Waals surface area contributed by atoms with Gasteiger partial charge in [0.1, 0.15) is 0 Å². The van der Waals surface area contributed by atoms with Crippen molar-refractivity contribution in [1.29, 1.82) is 0 Å². The van der Waals surface area contributed by atoms with Gasteiger partial charge in [0.15, 0.2) is 12.1 Å². The largest absolute Gasteiger partial charge is 0.438 e. The lowest BCUT2D eigenvalue weighted by Crippen LogP contribution is -2.47. The van der Waals surface area contributed by atoms with E-state index in [1.165, 1.54) is 11.3 Å². The maximum atomic E-state index is 13.6. The number of carbonyl (C=O) groups is 3. The number of ether oxygens (including phenoxy) is 1. The average Bonchev–Trinajstić information content (AvgIpc) is 3.62. The number of benzene rings is 2. The topological polar surface area (TPSA) is 79.0 Å². The van der Waals surface area contributed by atoms with Gasteiger partial charge in [-0.3, -0.25) is 14.5 Å². The monoisotopic (exact) mass is 489 g/mol. The van der Waals surface area contributed by atoms with E-state index in [0.29, 0.717) is 30.2 Å². The summed E-state index contributed by atoms with van der Waals surface area (Å²) < 4.78 is 5.79. The molecule has 3 heterocycles. The Bertz CT molecular complexity index is 1220. The van der Waals surface area contributed by atoms with Crippen molar-refractivity contribution >= 4 is 34.9 Å². The Morgan fingerprint density at radius 3 is 2.51 bits per heavy atom. The van der Waals surface area contributed by atoms with E-state index in [0.717, 1.165) is 29.5 Å². The van der Waals surface area contributed by atoms with Gasteiger partial charge in [0.05, 0.1) is 11.4 Å². The maximum absolute atomic E-state index is 13.6. The first-order chi connectivity index (χ1) is 17.0. The molecule has 3 aromatic rings. The quantitative estimate of drug-likeness (QED) is 0.529. The lowest BCUT2D eigenvalue weighted by molar-refractivity contribution is -0.135. The maximum Gasteiger partial charge on any atom is 0.411 e. The van der Waals surface area contributed by atoms with E-state index < -0.39 is 18.2 Å². The highest BCUT2D eigenvalue weighted by Crippen LogP contribution is 2.36. The molecule has 2 saturated heterocycles. The van der Waals surface area contributed by atoms with E-state index in [9.17, 15) is 14.4 Å². The fraction of sp³-hybridized carbons (Fsp3) is 0.296. The van der Waals surface area contributed by atoms with Gasteiger partial charge in [-0.25, -0.2) is 4.79 Å². The summed E-state index contributed by atoms with van der Waals surface area (Å²) in [4.78, 5) is 43.0. The Kier molecular flexibility index (Phi) is 6.55. The third-order valence-electron chi connectivity index (χ3n) is 6.43. The highest BCUT2D eigenvalue weighted by molar-refractivity contribution is 7.12. The summed E-state index contributed by atoms with van der Waals surface area (Å²) in [7, 11) is 0. The molecule has 2 aromatic carbocycles. The molecule has 1 N–H and O–H groups in total. The van der Waals surface area contributed by atoms with E-state index in [-0.39, 0.29) is 11.8 Å². The SMILES string of the molecule is Cc1cccc(CN2C(=O)O[C@H](c3ccc(NC(=O)c4cccs4)cc3)[C@H]2C(=O)N2CCCC2)c1. The molecule has 1 aromatic heterocycles. The van der Waals surface area contributed by atoms with Crippen LogP contribution in [0.3, 0.4) is 0 Å². The molecule has 2 aliphatic rings. The van der Waals surface area contributed by atoms with Crippen LogP contribution in [0.25, 0.3) is 0 Å². The van der Waals surface area contributed by atoms with Gasteiger partial charge in [-0.1, -0.05) is 48.0 Å². The zero-order valence-corrected chi connectivity index (χ0v) is 20.3. The number of nitrogens with zero attached hydrogens (tertiary/aromatic N) is 2. The number of hydrogen-bond acceptors (Lipinski definition) is 5. The predicted octanol–water partition coefficient (Wildman–Crippen LogP) is 4.99. The number of anilines is 1. The normalized spacial score (nSPS) is 19.6. The van der Waals surface area contributed by atoms with Crippen LogP contribution in [0.1, 0.15) is 45.3 Å². The van der Waals surface area contributed by atoms with Crippen LogP contribution >= 0.6 is 11.3 Å². The molecule has 8 heteroatoms. The Labute approximate surface area is 208 Å². The Morgan fingerprint density at radius 2 is 1.83 bits per heavy atom. The molecule has 180 valence electrons. The number of likely N-dealkylation sites (tertiary alicyclic amines) is 1. The fourth-order valence-corrected chi connectivity index (χ4v) is 5.30. The molecule has 5 rings (SSSR count). The third-order valence-corrected chi connectivity index (χ3v) is 7.30. The molecule has 3 amide bonds. The molecule has 0 saturated carbocycles. The van der Waals surface area contributed by atoms with Crippen LogP contribution in [0, 0.1) is 6.92 Å². The van der Waals surface area contributed by atoms with Crippen LogP contribution in [-0.4, -0.2) is 46.8 Å². The van der Waals surface area contributed by atoms with Crippen LogP contribution in [0.4, 0.5) is 10.5 Å². The van der Waals surface area contributed by atoms with Crippen LogP contribution < -0.4 is 5.32 Å². The molecule has 0 unspecified atom stereocenters. The first-order valence-electron chi connectivity index (χ1n) is 11.8. The number of rotatable bonds is 6. The Morgan fingerprint density at radius 1 is 1.06 bits per heavy atom. The number of hydrogen-bond donors (Lipinski definition) is 1. The van der Waals surface area contributed by atoms with E-state index in [1.54, 1.807) is 23.1 Å². The van der Waals surface area contributed by atoms with Gasteiger partial charge < -0.3 is 15.0 Å². The molecule has 2 aliphatic heterocycles. The smallest absolute Gasteiger partial charge is 0.411 e. The van der Waals surface area contributed by atoms with E-state index >= 15 is 0 Å². The summed E-state index contributed by atoms with van der Waals surface area (Å²) in [5.74, 6) is -0.257. The van der Waals surface area contributed by atoms with E-state index in [4.69, 9.17) is 4.74 Å². The zero-order chi connectivity index (χ0) is 24.4. The fourth-order valence-electron chi connectivity index (χ4n) is 4.68. The van der Waals surface area contributed by atoms with Crippen molar-refractivity contribution in [3.8, 4) is 0 Å². The second-order valence-electron chi connectivity index (χ2n) is 8.95. The molecule has 2 fully saturated rings. The van der Waals surface area contributed by atoms with Crippen molar-refractivity contribution in [2.45, 2.75) is 38.5 Å².